The molecule has 164 valence electrons. The number of esters is 1. The van der Waals surface area contributed by atoms with Crippen LogP contribution in [0.3, 0.4) is 0 Å². The summed E-state index contributed by atoms with van der Waals surface area (Å²) < 4.78 is 11.8. The Morgan fingerprint density at radius 3 is 2.66 bits per heavy atom. The van der Waals surface area contributed by atoms with Crippen LogP contribution in [0.5, 0.6) is 0 Å². The molecule has 0 aromatic carbocycles. The average Bonchev–Trinajstić information content (AvgIpc) is 2.96. The van der Waals surface area contributed by atoms with Crippen molar-refractivity contribution >= 4 is 11.8 Å². The van der Waals surface area contributed by atoms with Gasteiger partial charge in [-0.1, -0.05) is 20.3 Å². The molecule has 3 N–H and O–H groups in total. The summed E-state index contributed by atoms with van der Waals surface area (Å²) in [5.41, 5.74) is -0.275. The van der Waals surface area contributed by atoms with E-state index >= 15 is 0 Å². The van der Waals surface area contributed by atoms with Gasteiger partial charge in [0.15, 0.2) is 0 Å². The Kier molecular flexibility index (Phi) is 6.70. The summed E-state index contributed by atoms with van der Waals surface area (Å²) in [6.45, 7) is 5.54. The van der Waals surface area contributed by atoms with E-state index in [0.717, 1.165) is 6.42 Å². The fraction of sp³-hybridized carbons (Fsp3) is 0.818. The molecule has 0 spiro atoms. The second-order valence-electron chi connectivity index (χ2n) is 9.27. The van der Waals surface area contributed by atoms with Crippen molar-refractivity contribution in [3.63, 3.8) is 0 Å². The third kappa shape index (κ3) is 4.52. The zero-order valence-electron chi connectivity index (χ0n) is 17.6. The van der Waals surface area contributed by atoms with E-state index in [1.165, 1.54) is 0 Å². The van der Waals surface area contributed by atoms with Crippen molar-refractivity contribution < 1.29 is 34.4 Å². The Morgan fingerprint density at radius 1 is 1.28 bits per heavy atom. The first-order valence-electron chi connectivity index (χ1n) is 10.8. The van der Waals surface area contributed by atoms with E-state index in [-0.39, 0.29) is 42.5 Å². The van der Waals surface area contributed by atoms with Crippen LogP contribution < -0.4 is 0 Å². The molecule has 4 bridgehead atoms. The molecule has 2 fully saturated rings. The Bertz CT molecular complexity index is 672. The average molecular weight is 411 g/mol. The molecular weight excluding hydrogens is 376 g/mol. The fourth-order valence-electron chi connectivity index (χ4n) is 5.24. The molecule has 4 heterocycles. The molecule has 4 rings (SSSR count). The molecule has 0 aromatic rings. The Balaban J connectivity index is 1.98. The van der Waals surface area contributed by atoms with Gasteiger partial charge in [-0.05, 0) is 44.9 Å². The van der Waals surface area contributed by atoms with Gasteiger partial charge in [-0.15, -0.1) is 0 Å². The number of carbonyl (C=O) groups is 2. The zero-order valence-corrected chi connectivity index (χ0v) is 17.6. The number of hydrogen-bond donors (Lipinski definition) is 3. The van der Waals surface area contributed by atoms with E-state index in [1.54, 1.807) is 0 Å². The van der Waals surface area contributed by atoms with Gasteiger partial charge < -0.3 is 24.8 Å². The molecule has 4 aliphatic heterocycles. The Morgan fingerprint density at radius 2 is 2.00 bits per heavy atom. The number of aliphatic hydroxyl groups is 3. The molecule has 0 radical (unpaired) electrons. The lowest BCUT2D eigenvalue weighted by atomic mass is 9.83. The highest BCUT2D eigenvalue weighted by Crippen LogP contribution is 2.43. The van der Waals surface area contributed by atoms with Crippen molar-refractivity contribution in [1.82, 2.24) is 0 Å². The maximum absolute atomic E-state index is 12.9. The van der Waals surface area contributed by atoms with Crippen LogP contribution >= 0.6 is 0 Å². The molecule has 7 nitrogen and oxygen atoms in total. The number of hydrogen-bond acceptors (Lipinski definition) is 7. The number of ether oxygens (including phenoxy) is 2. The lowest BCUT2D eigenvalue weighted by molar-refractivity contribution is -0.153. The number of ketones is 1. The molecule has 2 saturated heterocycles. The number of aliphatic hydroxyl groups excluding tert-OH is 3. The van der Waals surface area contributed by atoms with Crippen LogP contribution in [-0.2, 0) is 19.1 Å². The Labute approximate surface area is 172 Å². The van der Waals surface area contributed by atoms with Crippen LogP contribution in [0.25, 0.3) is 0 Å². The van der Waals surface area contributed by atoms with Gasteiger partial charge in [0.1, 0.15) is 17.6 Å². The zero-order chi connectivity index (χ0) is 21.3. The standard InChI is InChI=1S/C22H34O7/c1-4-5-14-18-9-16(24)13(11-23)8-17(25)20-12(2)10-22(3,29-20)7-6-15(19(14)26)21(27)28-18/h12-14,17-18,20,23,25-26H,4-11H2,1-3H3/t12-,13?,14+,17+,18+,20+,22-/m0/s1. The van der Waals surface area contributed by atoms with Gasteiger partial charge in [-0.2, -0.15) is 0 Å². The molecule has 0 saturated carbocycles. The van der Waals surface area contributed by atoms with Crippen molar-refractivity contribution in [1.29, 1.82) is 0 Å². The van der Waals surface area contributed by atoms with Crippen molar-refractivity contribution in [2.75, 3.05) is 6.61 Å². The second kappa shape index (κ2) is 8.74. The maximum Gasteiger partial charge on any atom is 0.337 e. The van der Waals surface area contributed by atoms with Gasteiger partial charge in [0, 0.05) is 12.3 Å². The van der Waals surface area contributed by atoms with E-state index in [4.69, 9.17) is 9.47 Å². The lowest BCUT2D eigenvalue weighted by Crippen LogP contribution is -2.41. The summed E-state index contributed by atoms with van der Waals surface area (Å²) in [7, 11) is 0. The van der Waals surface area contributed by atoms with Crippen LogP contribution in [0.2, 0.25) is 0 Å². The fourth-order valence-corrected chi connectivity index (χ4v) is 5.24. The number of carbonyl (C=O) groups excluding carboxylic acids is 2. The number of fused-ring (bicyclic) bond motifs is 7. The smallest absolute Gasteiger partial charge is 0.337 e. The molecule has 0 aliphatic carbocycles. The largest absolute Gasteiger partial charge is 0.511 e. The summed E-state index contributed by atoms with van der Waals surface area (Å²) in [5, 5.41) is 31.4. The molecular formula is C22H34O7. The van der Waals surface area contributed by atoms with Crippen molar-refractivity contribution in [3.8, 4) is 0 Å². The summed E-state index contributed by atoms with van der Waals surface area (Å²) in [4.78, 5) is 25.5. The first-order chi connectivity index (χ1) is 13.7. The van der Waals surface area contributed by atoms with Crippen molar-refractivity contribution in [2.24, 2.45) is 17.8 Å². The van der Waals surface area contributed by atoms with E-state index in [9.17, 15) is 24.9 Å². The van der Waals surface area contributed by atoms with Gasteiger partial charge in [-0.25, -0.2) is 4.79 Å². The first-order valence-corrected chi connectivity index (χ1v) is 10.8. The summed E-state index contributed by atoms with van der Waals surface area (Å²) in [6, 6.07) is 0. The topological polar surface area (TPSA) is 113 Å². The van der Waals surface area contributed by atoms with Crippen LogP contribution in [0.15, 0.2) is 11.3 Å². The van der Waals surface area contributed by atoms with Crippen LogP contribution in [0.4, 0.5) is 0 Å². The number of rotatable bonds is 3. The monoisotopic (exact) mass is 410 g/mol. The van der Waals surface area contributed by atoms with E-state index in [2.05, 4.69) is 0 Å². The highest BCUT2D eigenvalue weighted by atomic mass is 16.5. The predicted molar refractivity (Wildman–Crippen MR) is 105 cm³/mol. The van der Waals surface area contributed by atoms with Crippen molar-refractivity contribution in [2.45, 2.75) is 89.6 Å². The van der Waals surface area contributed by atoms with Gasteiger partial charge in [0.25, 0.3) is 0 Å². The minimum atomic E-state index is -0.852. The lowest BCUT2D eigenvalue weighted by Gasteiger charge is -2.34. The Hall–Kier alpha value is -1.44. The molecule has 7 heteroatoms. The quantitative estimate of drug-likeness (QED) is 0.612. The normalized spacial score (nSPS) is 41.4. The minimum Gasteiger partial charge on any atom is -0.511 e. The van der Waals surface area contributed by atoms with Crippen molar-refractivity contribution in [3.05, 3.63) is 11.3 Å². The summed E-state index contributed by atoms with van der Waals surface area (Å²) >= 11 is 0. The number of Topliss-reactive ketones (excluding diaryl/α,β-unsaturated/α-hetero) is 1. The van der Waals surface area contributed by atoms with Gasteiger partial charge in [0.05, 0.1) is 35.9 Å². The third-order valence-electron chi connectivity index (χ3n) is 6.84. The summed E-state index contributed by atoms with van der Waals surface area (Å²) in [5.74, 6) is -1.92. The molecule has 7 atom stereocenters. The minimum absolute atomic E-state index is 0.0322. The molecule has 4 aliphatic rings. The van der Waals surface area contributed by atoms with Crippen LogP contribution in [0, 0.1) is 17.8 Å². The maximum atomic E-state index is 12.9. The SMILES string of the molecule is CCC[C@H]1C(O)=C2CC[C@@]3(C)C[C@H](C)[C@@H](O3)[C@H](O)CC(CO)C(=O)C[C@H]1OC2=O. The second-order valence-corrected chi connectivity index (χ2v) is 9.27. The van der Waals surface area contributed by atoms with Crippen LogP contribution in [0.1, 0.15) is 65.7 Å². The highest BCUT2D eigenvalue weighted by molar-refractivity contribution is 5.91. The highest BCUT2D eigenvalue weighted by Gasteiger charge is 2.47. The molecule has 0 aromatic heterocycles. The molecule has 0 amide bonds. The van der Waals surface area contributed by atoms with Gasteiger partial charge >= 0.3 is 5.97 Å². The predicted octanol–water partition coefficient (Wildman–Crippen LogP) is 2.44. The molecule has 1 unspecified atom stereocenters. The van der Waals surface area contributed by atoms with Crippen LogP contribution in [-0.4, -0.2) is 57.6 Å². The molecule has 29 heavy (non-hydrogen) atoms. The third-order valence-corrected chi connectivity index (χ3v) is 6.84. The van der Waals surface area contributed by atoms with Gasteiger partial charge in [-0.3, -0.25) is 4.79 Å². The first kappa shape index (κ1) is 22.2. The van der Waals surface area contributed by atoms with E-state index < -0.39 is 41.7 Å². The van der Waals surface area contributed by atoms with Gasteiger partial charge in [0.2, 0.25) is 0 Å². The van der Waals surface area contributed by atoms with E-state index in [0.29, 0.717) is 25.7 Å². The summed E-state index contributed by atoms with van der Waals surface area (Å²) in [6.07, 6.45) is 0.937. The van der Waals surface area contributed by atoms with E-state index in [1.807, 2.05) is 20.8 Å².